The third-order valence-electron chi connectivity index (χ3n) is 16.8. The van der Waals surface area contributed by atoms with Gasteiger partial charge in [0.05, 0.1) is 30.1 Å². The van der Waals surface area contributed by atoms with Crippen LogP contribution in [0.3, 0.4) is 0 Å². The average molecular weight is 1360 g/mol. The van der Waals surface area contributed by atoms with Gasteiger partial charge in [-0.05, 0) is 84.5 Å². The van der Waals surface area contributed by atoms with Gasteiger partial charge in [0, 0.05) is 43.3 Å². The first-order valence-corrected chi connectivity index (χ1v) is 33.1. The van der Waals surface area contributed by atoms with Gasteiger partial charge in [0.25, 0.3) is 0 Å². The van der Waals surface area contributed by atoms with Crippen molar-refractivity contribution in [2.45, 2.75) is 262 Å². The van der Waals surface area contributed by atoms with Crippen LogP contribution in [-0.4, -0.2) is 200 Å². The Bertz CT molecular complexity index is 2910. The highest BCUT2D eigenvalue weighted by molar-refractivity contribution is 6.49. The number of hydrogen-bond acceptors (Lipinski definition) is 20. The first-order chi connectivity index (χ1) is 44.5. The maximum absolute atomic E-state index is 15.0. The molecule has 0 saturated carbocycles. The number of aliphatic hydroxyl groups is 3. The second-order valence-corrected chi connectivity index (χ2v) is 26.3. The van der Waals surface area contributed by atoms with Crippen LogP contribution < -0.4 is 59.3 Å². The number of primary amides is 2. The molecule has 31 nitrogen and oxygen atoms in total. The van der Waals surface area contributed by atoms with E-state index in [9.17, 15) is 77.6 Å². The molecule has 3 heterocycles. The van der Waals surface area contributed by atoms with Crippen LogP contribution in [0.4, 0.5) is 0 Å². The van der Waals surface area contributed by atoms with Gasteiger partial charge in [-0.15, -0.1) is 0 Å². The van der Waals surface area contributed by atoms with Gasteiger partial charge >= 0.3 is 5.97 Å². The van der Waals surface area contributed by atoms with Crippen molar-refractivity contribution in [2.75, 3.05) is 13.2 Å². The van der Waals surface area contributed by atoms with Crippen LogP contribution in [0.2, 0.25) is 0 Å². The summed E-state index contributed by atoms with van der Waals surface area (Å²) in [5, 5.41) is 55.9. The Labute approximate surface area is 558 Å². The monoisotopic (exact) mass is 1360 g/mol. The molecule has 2 fully saturated rings. The Morgan fingerprint density at radius 1 is 0.600 bits per heavy atom. The summed E-state index contributed by atoms with van der Waals surface area (Å²) < 4.78 is 11.7. The predicted molar refractivity (Wildman–Crippen MR) is 341 cm³/mol. The summed E-state index contributed by atoms with van der Waals surface area (Å²) in [6.45, 7) is 15.0. The zero-order valence-electron chi connectivity index (χ0n) is 55.9. The van der Waals surface area contributed by atoms with Crippen molar-refractivity contribution < 1.29 is 91.9 Å². The molecule has 95 heavy (non-hydrogen) atoms. The summed E-state index contributed by atoms with van der Waals surface area (Å²) in [6, 6.07) is -15.3. The van der Waals surface area contributed by atoms with Crippen molar-refractivity contribution in [1.29, 1.82) is 0 Å². The molecule has 14 atom stereocenters. The van der Waals surface area contributed by atoms with Gasteiger partial charge in [-0.3, -0.25) is 67.1 Å². The third-order valence-corrected chi connectivity index (χ3v) is 17.1. The van der Waals surface area contributed by atoms with E-state index < -0.39 is 184 Å². The second kappa shape index (κ2) is 36.5. The quantitative estimate of drug-likeness (QED) is 0.0292. The molecule has 0 bridgehead atoms. The zero-order valence-corrected chi connectivity index (χ0v) is 56.7. The molecule has 16 N–H and O–H groups in total. The van der Waals surface area contributed by atoms with Crippen LogP contribution in [0.25, 0.3) is 0 Å². The summed E-state index contributed by atoms with van der Waals surface area (Å²) >= 11 is 6.67. The largest absolute Gasteiger partial charge is 0.442 e. The van der Waals surface area contributed by atoms with Crippen molar-refractivity contribution in [3.05, 3.63) is 22.4 Å². The number of ether oxygens (including phenoxy) is 2. The molecule has 11 amide bonds. The van der Waals surface area contributed by atoms with Gasteiger partial charge in [0.15, 0.2) is 5.72 Å². The number of hydrogen-bond donors (Lipinski definition) is 14. The number of unbranched alkanes of at least 4 members (excludes halogenated alkanes) is 5. The fraction of sp³-hybridized carbons (Fsp3) is 0.714. The Hall–Kier alpha value is -7.61. The maximum atomic E-state index is 15.0. The number of aliphatic hydroxyl groups excluding tert-OH is 3. The first kappa shape index (κ1) is 79.8. The topological polar surface area (TPSA) is 482 Å². The lowest BCUT2D eigenvalue weighted by atomic mass is 9.74. The SMILES string of the molecule is CCCCCCCC[C@@H]1NC(=O)[C@@H](CC(C)C)NC(=O)[C@H]([C@@H](C)O)NC(=O)[C@@H](CC(C)C)NC(=O)[C@@H](CC(N)=O)NC(=O)[C@H](CC(N)=O)NC(=O)[C@H](C)NC(=O)[C@H]([C@@H](C)O)NC(=O)[C@H](CCCN2C=C3C(=O)[C@](C)(OC(=O)CCC)C(=O)C(Cl)=C3[C@H](O)[C@@]23CCCO3)NC1=O. The fourth-order valence-corrected chi connectivity index (χ4v) is 12.0. The number of halogens is 1. The van der Waals surface area contributed by atoms with Crippen molar-refractivity contribution >= 4 is 94.1 Å². The van der Waals surface area contributed by atoms with Crippen molar-refractivity contribution in [3.63, 3.8) is 0 Å². The number of carbonyl (C=O) groups is 14. The van der Waals surface area contributed by atoms with E-state index in [2.05, 4.69) is 47.9 Å². The second-order valence-electron chi connectivity index (χ2n) is 25.9. The molecule has 0 aromatic heterocycles. The normalized spacial score (nSPS) is 28.9. The minimum atomic E-state index is -2.42. The summed E-state index contributed by atoms with van der Waals surface area (Å²) in [5.74, 6) is -15.8. The van der Waals surface area contributed by atoms with Crippen LogP contribution >= 0.6 is 11.6 Å². The van der Waals surface area contributed by atoms with Crippen LogP contribution in [0, 0.1) is 11.8 Å². The number of ketones is 2. The fourth-order valence-electron chi connectivity index (χ4n) is 11.6. The van der Waals surface area contributed by atoms with E-state index in [4.69, 9.17) is 32.5 Å². The van der Waals surface area contributed by atoms with Crippen LogP contribution in [-0.2, 0) is 76.6 Å². The van der Waals surface area contributed by atoms with E-state index in [0.717, 1.165) is 46.5 Å². The van der Waals surface area contributed by atoms with Gasteiger partial charge in [-0.2, -0.15) is 0 Å². The smallest absolute Gasteiger partial charge is 0.307 e. The van der Waals surface area contributed by atoms with Gasteiger partial charge in [-0.1, -0.05) is 91.7 Å². The molecule has 0 radical (unpaired) electrons. The van der Waals surface area contributed by atoms with Crippen molar-refractivity contribution in [1.82, 2.24) is 52.8 Å². The number of carbonyl (C=O) groups excluding carboxylic acids is 14. The average Bonchev–Trinajstić information content (AvgIpc) is 1.65. The third kappa shape index (κ3) is 22.0. The molecule has 2 saturated heterocycles. The number of nitrogens with zero attached hydrogens (tertiary/aromatic N) is 1. The molecule has 1 spiro atoms. The number of rotatable bonds is 24. The van der Waals surface area contributed by atoms with E-state index in [1.807, 2.05) is 6.92 Å². The number of esters is 1. The molecule has 1 aliphatic carbocycles. The molecule has 532 valence electrons. The van der Waals surface area contributed by atoms with Crippen LogP contribution in [0.15, 0.2) is 22.4 Å². The van der Waals surface area contributed by atoms with Crippen LogP contribution in [0.1, 0.15) is 178 Å². The number of amides is 11. The van der Waals surface area contributed by atoms with E-state index >= 15 is 4.79 Å². The standard InChI is InChI=1S/C63H99ClN12O19/c1-11-13-14-15-16-17-21-37-54(86)68-38(22-18-24-76-30-36-46(51(83)63(76)23-19-25-94-63)47(64)52(84)62(10,50(36)82)95-45(81)20-12-2)55(87)74-48(34(8)77)60(92)67-33(7)53(85)70-41(28-43(65)79)57(89)72-42(29-44(66)80)58(90)71-40(27-32(5)6)59(91)75-49(35(9)78)61(93)73-39(26-31(3)4)56(88)69-37/h30-35,37-42,48-49,51,77-78,83H,11-29H2,1-10H3,(H2,65,79)(H2,66,80)(H,67,92)(H,68,86)(H,69,88)(H,70,85)(H,71,90)(H,72,89)(H,73,93)(H,74,87)(H,75,91)/t33-,34+,35+,37-,38-,39+,40+,41-,42+,48-,49-,51-,62-,63-/m0/s1. The van der Waals surface area contributed by atoms with Crippen molar-refractivity contribution in [2.24, 2.45) is 23.3 Å². The van der Waals surface area contributed by atoms with Crippen molar-refractivity contribution in [3.8, 4) is 0 Å². The highest BCUT2D eigenvalue weighted by atomic mass is 35.5. The molecule has 4 aliphatic rings. The molecular formula is C63H99ClN12O19. The number of nitrogens with one attached hydrogen (secondary N) is 9. The summed E-state index contributed by atoms with van der Waals surface area (Å²) in [7, 11) is 0. The van der Waals surface area contributed by atoms with Crippen LogP contribution in [0.5, 0.6) is 0 Å². The lowest BCUT2D eigenvalue weighted by Gasteiger charge is -2.49. The van der Waals surface area contributed by atoms with Gasteiger partial charge in [0.2, 0.25) is 82.1 Å². The van der Waals surface area contributed by atoms with Gasteiger partial charge in [0.1, 0.15) is 60.5 Å². The highest BCUT2D eigenvalue weighted by Gasteiger charge is 2.60. The summed E-state index contributed by atoms with van der Waals surface area (Å²) in [4.78, 5) is 196. The molecular weight excluding hydrogens is 1260 g/mol. The van der Waals surface area contributed by atoms with Gasteiger partial charge < -0.3 is 89.0 Å². The minimum absolute atomic E-state index is 0.0310. The lowest BCUT2D eigenvalue weighted by Crippen LogP contribution is -2.62. The Morgan fingerprint density at radius 3 is 1.52 bits per heavy atom. The molecule has 0 unspecified atom stereocenters. The molecule has 4 rings (SSSR count). The Kier molecular flexibility index (Phi) is 30.7. The Balaban J connectivity index is 1.89. The van der Waals surface area contributed by atoms with E-state index in [-0.39, 0.29) is 81.1 Å². The van der Waals surface area contributed by atoms with E-state index in [1.165, 1.54) is 18.0 Å². The molecule has 3 aliphatic heterocycles. The minimum Gasteiger partial charge on any atom is -0.442 e. The predicted octanol–water partition coefficient (Wildman–Crippen LogP) is -1.67. The summed E-state index contributed by atoms with van der Waals surface area (Å²) in [6.07, 6.45) is -1.28. The zero-order chi connectivity index (χ0) is 71.4. The number of nitrogens with two attached hydrogens (primary N) is 2. The number of fused-ring (bicyclic) bond motifs is 1. The molecule has 0 aromatic carbocycles. The Morgan fingerprint density at radius 2 is 1.03 bits per heavy atom. The van der Waals surface area contributed by atoms with E-state index in [1.54, 1.807) is 34.6 Å². The highest BCUT2D eigenvalue weighted by Crippen LogP contribution is 2.48. The number of Topliss-reactive ketones (excluding diaryl/α,β-unsaturated/α-hetero) is 2. The first-order valence-electron chi connectivity index (χ1n) is 32.7. The summed E-state index contributed by atoms with van der Waals surface area (Å²) in [5.41, 5.74) is 6.34. The maximum Gasteiger partial charge on any atom is 0.307 e. The molecule has 32 heteroatoms. The van der Waals surface area contributed by atoms with E-state index in [0.29, 0.717) is 25.7 Å². The molecule has 0 aromatic rings. The lowest BCUT2D eigenvalue weighted by molar-refractivity contribution is -0.174. The van der Waals surface area contributed by atoms with Gasteiger partial charge in [-0.25, -0.2) is 0 Å².